The highest BCUT2D eigenvalue weighted by atomic mass is 32.2. The molecule has 0 saturated heterocycles. The van der Waals surface area contributed by atoms with Crippen LogP contribution in [0.15, 0.2) is 18.3 Å². The maximum absolute atomic E-state index is 11.7. The fourth-order valence-electron chi connectivity index (χ4n) is 1.22. The average molecular weight is 240 g/mol. The summed E-state index contributed by atoms with van der Waals surface area (Å²) in [6, 6.07) is 3.39. The molecular weight excluding hydrogens is 224 g/mol. The van der Waals surface area contributed by atoms with Crippen molar-refractivity contribution >= 4 is 23.5 Å². The molecule has 0 aromatic carbocycles. The van der Waals surface area contributed by atoms with E-state index in [1.165, 1.54) is 0 Å². The predicted molar refractivity (Wildman–Crippen MR) is 67.4 cm³/mol. The molecular formula is C10H16N4OS. The third kappa shape index (κ3) is 3.71. The number of hydrogen-bond donors (Lipinski definition) is 3. The number of carbonyl (C=O) groups is 1. The van der Waals surface area contributed by atoms with Crippen LogP contribution >= 0.6 is 11.8 Å². The molecule has 0 radical (unpaired) electrons. The molecule has 0 aliphatic rings. The van der Waals surface area contributed by atoms with E-state index in [4.69, 9.17) is 5.84 Å². The molecule has 1 heterocycles. The molecule has 0 atom stereocenters. The van der Waals surface area contributed by atoms with Crippen LogP contribution in [0.1, 0.15) is 16.8 Å². The van der Waals surface area contributed by atoms with Crippen molar-refractivity contribution in [3.63, 3.8) is 0 Å². The minimum absolute atomic E-state index is 0.151. The summed E-state index contributed by atoms with van der Waals surface area (Å²) >= 11 is 1.76. The van der Waals surface area contributed by atoms with Crippen LogP contribution in [0.5, 0.6) is 0 Å². The quantitative estimate of drug-likeness (QED) is 0.390. The highest BCUT2D eigenvalue weighted by molar-refractivity contribution is 7.98. The highest BCUT2D eigenvalue weighted by Gasteiger charge is 2.10. The van der Waals surface area contributed by atoms with E-state index in [1.54, 1.807) is 30.1 Å². The zero-order chi connectivity index (χ0) is 11.8. The van der Waals surface area contributed by atoms with Gasteiger partial charge in [-0.05, 0) is 30.6 Å². The molecule has 0 saturated carbocycles. The number of nitrogens with one attached hydrogen (secondary N) is 2. The van der Waals surface area contributed by atoms with Crippen molar-refractivity contribution in [2.45, 2.75) is 6.42 Å². The number of thioether (sulfide) groups is 1. The third-order valence-electron chi connectivity index (χ3n) is 2.00. The second-order valence-corrected chi connectivity index (χ2v) is 4.13. The number of anilines is 1. The molecule has 16 heavy (non-hydrogen) atoms. The fourth-order valence-corrected chi connectivity index (χ4v) is 1.65. The van der Waals surface area contributed by atoms with Gasteiger partial charge < -0.3 is 10.7 Å². The van der Waals surface area contributed by atoms with Crippen molar-refractivity contribution in [1.29, 1.82) is 0 Å². The number of nitrogens with zero attached hydrogens (tertiary/aromatic N) is 1. The first-order valence-electron chi connectivity index (χ1n) is 4.98. The van der Waals surface area contributed by atoms with Crippen molar-refractivity contribution in [2.24, 2.45) is 5.84 Å². The van der Waals surface area contributed by atoms with E-state index in [0.717, 1.165) is 12.2 Å². The number of hydrazine groups is 1. The number of nitrogen functional groups attached to an aromatic ring is 1. The molecule has 4 N–H and O–H groups in total. The number of pyridine rings is 1. The van der Waals surface area contributed by atoms with Crippen LogP contribution in [0.25, 0.3) is 0 Å². The Kier molecular flexibility index (Phi) is 5.66. The zero-order valence-electron chi connectivity index (χ0n) is 9.19. The van der Waals surface area contributed by atoms with Gasteiger partial charge in [-0.25, -0.2) is 10.8 Å². The lowest BCUT2D eigenvalue weighted by Crippen LogP contribution is -2.26. The van der Waals surface area contributed by atoms with E-state index in [2.05, 4.69) is 15.7 Å². The molecule has 0 fully saturated rings. The van der Waals surface area contributed by atoms with Gasteiger partial charge in [-0.15, -0.1) is 0 Å². The van der Waals surface area contributed by atoms with Crippen molar-refractivity contribution in [2.75, 3.05) is 24.0 Å². The molecule has 0 unspecified atom stereocenters. The molecule has 1 aromatic rings. The molecule has 0 aliphatic carbocycles. The van der Waals surface area contributed by atoms with Crippen molar-refractivity contribution in [3.8, 4) is 0 Å². The lowest BCUT2D eigenvalue weighted by molar-refractivity contribution is 0.0954. The van der Waals surface area contributed by atoms with Gasteiger partial charge in [0.2, 0.25) is 0 Å². The Morgan fingerprint density at radius 3 is 3.12 bits per heavy atom. The smallest absolute Gasteiger partial charge is 0.255 e. The third-order valence-corrected chi connectivity index (χ3v) is 2.70. The first kappa shape index (κ1) is 12.8. The van der Waals surface area contributed by atoms with Gasteiger partial charge in [0.05, 0.1) is 5.56 Å². The summed E-state index contributed by atoms with van der Waals surface area (Å²) in [5, 5.41) is 2.82. The van der Waals surface area contributed by atoms with Crippen LogP contribution in [0.2, 0.25) is 0 Å². The topological polar surface area (TPSA) is 80.0 Å². The maximum Gasteiger partial charge on any atom is 0.255 e. The van der Waals surface area contributed by atoms with Crippen LogP contribution in [-0.2, 0) is 0 Å². The second kappa shape index (κ2) is 7.08. The van der Waals surface area contributed by atoms with E-state index in [1.807, 2.05) is 6.26 Å². The van der Waals surface area contributed by atoms with Gasteiger partial charge in [-0.2, -0.15) is 11.8 Å². The molecule has 88 valence electrons. The van der Waals surface area contributed by atoms with E-state index in [0.29, 0.717) is 17.9 Å². The number of hydrogen-bond acceptors (Lipinski definition) is 5. The Morgan fingerprint density at radius 1 is 1.62 bits per heavy atom. The first-order valence-corrected chi connectivity index (χ1v) is 6.37. The summed E-state index contributed by atoms with van der Waals surface area (Å²) in [4.78, 5) is 15.7. The van der Waals surface area contributed by atoms with Crippen LogP contribution in [-0.4, -0.2) is 29.4 Å². The summed E-state index contributed by atoms with van der Waals surface area (Å²) < 4.78 is 0. The Morgan fingerprint density at radius 2 is 2.44 bits per heavy atom. The fraction of sp³-hybridized carbons (Fsp3) is 0.400. The number of rotatable bonds is 6. The van der Waals surface area contributed by atoms with Gasteiger partial charge >= 0.3 is 0 Å². The molecule has 6 heteroatoms. The average Bonchev–Trinajstić information content (AvgIpc) is 2.34. The molecule has 1 aromatic heterocycles. The summed E-state index contributed by atoms with van der Waals surface area (Å²) in [6.45, 7) is 0.665. The number of nitrogens with two attached hydrogens (primary N) is 1. The van der Waals surface area contributed by atoms with Gasteiger partial charge in [0.15, 0.2) is 5.82 Å². The Hall–Kier alpha value is -1.27. The summed E-state index contributed by atoms with van der Waals surface area (Å²) in [5.41, 5.74) is 2.87. The molecule has 0 spiro atoms. The summed E-state index contributed by atoms with van der Waals surface area (Å²) in [6.07, 6.45) is 4.58. The Bertz CT molecular complexity index is 345. The van der Waals surface area contributed by atoms with Crippen LogP contribution in [0.3, 0.4) is 0 Å². The molecule has 5 nitrogen and oxygen atoms in total. The summed E-state index contributed by atoms with van der Waals surface area (Å²) in [7, 11) is 0. The first-order chi connectivity index (χ1) is 7.79. The van der Waals surface area contributed by atoms with E-state index in [9.17, 15) is 4.79 Å². The normalized spacial score (nSPS) is 9.88. The van der Waals surface area contributed by atoms with Crippen molar-refractivity contribution in [1.82, 2.24) is 10.3 Å². The van der Waals surface area contributed by atoms with E-state index < -0.39 is 0 Å². The predicted octanol–water partition coefficient (Wildman–Crippen LogP) is 0.850. The van der Waals surface area contributed by atoms with Crippen molar-refractivity contribution in [3.05, 3.63) is 23.9 Å². The van der Waals surface area contributed by atoms with Gasteiger partial charge in [0.1, 0.15) is 0 Å². The minimum atomic E-state index is -0.151. The van der Waals surface area contributed by atoms with Crippen molar-refractivity contribution < 1.29 is 4.79 Å². The zero-order valence-corrected chi connectivity index (χ0v) is 10.0. The van der Waals surface area contributed by atoms with E-state index >= 15 is 0 Å². The van der Waals surface area contributed by atoms with Gasteiger partial charge in [-0.3, -0.25) is 4.79 Å². The summed E-state index contributed by atoms with van der Waals surface area (Å²) in [5.74, 6) is 6.55. The second-order valence-electron chi connectivity index (χ2n) is 3.15. The monoisotopic (exact) mass is 240 g/mol. The Labute approximate surface area is 99.2 Å². The number of aromatic nitrogens is 1. The van der Waals surface area contributed by atoms with Crippen LogP contribution < -0.4 is 16.6 Å². The van der Waals surface area contributed by atoms with Gasteiger partial charge in [0, 0.05) is 12.7 Å². The standard InChI is InChI=1S/C10H16N4OS/c1-16-7-3-6-13-10(15)8-4-2-5-12-9(8)14-11/h2,4-5H,3,6-7,11H2,1H3,(H,12,14)(H,13,15). The van der Waals surface area contributed by atoms with E-state index in [-0.39, 0.29) is 5.91 Å². The van der Waals surface area contributed by atoms with Gasteiger partial charge in [-0.1, -0.05) is 0 Å². The SMILES string of the molecule is CSCCCNC(=O)c1cccnc1NN. The molecule has 1 rings (SSSR count). The lowest BCUT2D eigenvalue weighted by Gasteiger charge is -2.07. The number of amides is 1. The van der Waals surface area contributed by atoms with Crippen LogP contribution in [0.4, 0.5) is 5.82 Å². The highest BCUT2D eigenvalue weighted by Crippen LogP contribution is 2.09. The Balaban J connectivity index is 2.52. The largest absolute Gasteiger partial charge is 0.352 e. The van der Waals surface area contributed by atoms with Crippen LogP contribution in [0, 0.1) is 0 Å². The number of carbonyl (C=O) groups excluding carboxylic acids is 1. The minimum Gasteiger partial charge on any atom is -0.352 e. The molecule has 0 bridgehead atoms. The molecule has 0 aliphatic heterocycles. The molecule has 1 amide bonds. The lowest BCUT2D eigenvalue weighted by atomic mass is 10.2. The maximum atomic E-state index is 11.7. The van der Waals surface area contributed by atoms with Gasteiger partial charge in [0.25, 0.3) is 5.91 Å².